The molecule has 4 aromatic rings. The van der Waals surface area contributed by atoms with E-state index in [1.165, 1.54) is 36.4 Å². The number of benzene rings is 4. The van der Waals surface area contributed by atoms with Crippen molar-refractivity contribution in [1.29, 1.82) is 0 Å². The zero-order chi connectivity index (χ0) is 27.3. The van der Waals surface area contributed by atoms with Crippen molar-refractivity contribution >= 4 is 38.4 Å². The minimum Gasteiger partial charge on any atom is -0.480 e. The van der Waals surface area contributed by atoms with Gasteiger partial charge in [-0.3, -0.25) is 4.79 Å². The molecule has 0 saturated carbocycles. The summed E-state index contributed by atoms with van der Waals surface area (Å²) in [6.07, 6.45) is -0.171. The number of carboxylic acid groups (broad SMARTS) is 1. The Labute approximate surface area is 219 Å². The fraction of sp³-hybridized carbons (Fsp3) is 0.143. The number of carbonyl (C=O) groups is 2. The molecule has 1 amide bonds. The molecule has 0 heterocycles. The molecular weight excluding hydrogens is 509 g/mol. The van der Waals surface area contributed by atoms with Crippen LogP contribution in [0.25, 0.3) is 10.8 Å². The van der Waals surface area contributed by atoms with Gasteiger partial charge in [-0.05, 0) is 64.7 Å². The molecule has 0 unspecified atom stereocenters. The van der Waals surface area contributed by atoms with Gasteiger partial charge in [-0.2, -0.15) is 4.72 Å². The second kappa shape index (κ2) is 11.4. The van der Waals surface area contributed by atoms with Gasteiger partial charge in [0, 0.05) is 12.1 Å². The van der Waals surface area contributed by atoms with Gasteiger partial charge >= 0.3 is 5.97 Å². The SMILES string of the molecule is Nc1ccc(C[C@H](NS(=O)(=O)c2ccc3ccccc3c2)C(=O)N[C@@H](Cc2ccc(F)cc2)C(=O)O)cc1. The Hall–Kier alpha value is -4.28. The van der Waals surface area contributed by atoms with Gasteiger partial charge in [-0.15, -0.1) is 0 Å². The van der Waals surface area contributed by atoms with Crippen LogP contribution in [0.3, 0.4) is 0 Å². The Morgan fingerprint density at radius 1 is 0.816 bits per heavy atom. The van der Waals surface area contributed by atoms with E-state index in [-0.39, 0.29) is 17.7 Å². The number of carbonyl (C=O) groups excluding carboxylic acids is 1. The third kappa shape index (κ3) is 6.72. The molecule has 0 radical (unpaired) electrons. The van der Waals surface area contributed by atoms with Crippen molar-refractivity contribution in [2.45, 2.75) is 29.8 Å². The first-order valence-corrected chi connectivity index (χ1v) is 13.2. The summed E-state index contributed by atoms with van der Waals surface area (Å²) < 4.78 is 42.3. The highest BCUT2D eigenvalue weighted by Gasteiger charge is 2.30. The predicted octanol–water partition coefficient (Wildman–Crippen LogP) is 3.26. The number of fused-ring (bicyclic) bond motifs is 1. The lowest BCUT2D eigenvalue weighted by Crippen LogP contribution is -2.53. The highest BCUT2D eigenvalue weighted by atomic mass is 32.2. The van der Waals surface area contributed by atoms with E-state index in [9.17, 15) is 27.5 Å². The first-order chi connectivity index (χ1) is 18.1. The largest absolute Gasteiger partial charge is 0.480 e. The molecule has 0 aliphatic carbocycles. The van der Waals surface area contributed by atoms with Crippen LogP contribution in [0.2, 0.25) is 0 Å². The molecule has 0 fully saturated rings. The summed E-state index contributed by atoms with van der Waals surface area (Å²) in [4.78, 5) is 25.2. The molecule has 5 N–H and O–H groups in total. The third-order valence-electron chi connectivity index (χ3n) is 6.03. The highest BCUT2D eigenvalue weighted by molar-refractivity contribution is 7.89. The highest BCUT2D eigenvalue weighted by Crippen LogP contribution is 2.20. The van der Waals surface area contributed by atoms with Gasteiger partial charge in [0.25, 0.3) is 0 Å². The number of amides is 1. The van der Waals surface area contributed by atoms with Gasteiger partial charge in [0.05, 0.1) is 4.90 Å². The fourth-order valence-corrected chi connectivity index (χ4v) is 5.23. The lowest BCUT2D eigenvalue weighted by atomic mass is 10.0. The van der Waals surface area contributed by atoms with Crippen molar-refractivity contribution in [2.24, 2.45) is 0 Å². The minimum absolute atomic E-state index is 0.0348. The van der Waals surface area contributed by atoms with Crippen molar-refractivity contribution in [3.8, 4) is 0 Å². The number of aliphatic carboxylic acids is 1. The minimum atomic E-state index is -4.17. The summed E-state index contributed by atoms with van der Waals surface area (Å²) >= 11 is 0. The molecule has 4 rings (SSSR count). The molecule has 0 spiro atoms. The van der Waals surface area contributed by atoms with E-state index in [2.05, 4.69) is 10.0 Å². The molecule has 4 aromatic carbocycles. The Morgan fingerprint density at radius 2 is 1.39 bits per heavy atom. The van der Waals surface area contributed by atoms with Crippen molar-refractivity contribution in [2.75, 3.05) is 5.73 Å². The Morgan fingerprint density at radius 3 is 2.03 bits per heavy atom. The monoisotopic (exact) mass is 535 g/mol. The van der Waals surface area contributed by atoms with Crippen molar-refractivity contribution in [3.05, 3.63) is 108 Å². The summed E-state index contributed by atoms with van der Waals surface area (Å²) in [5.41, 5.74) is 7.35. The molecule has 38 heavy (non-hydrogen) atoms. The van der Waals surface area contributed by atoms with Crippen LogP contribution < -0.4 is 15.8 Å². The molecular formula is C28H26FN3O5S. The van der Waals surface area contributed by atoms with Crippen molar-refractivity contribution < 1.29 is 27.5 Å². The van der Waals surface area contributed by atoms with Crippen LogP contribution in [0.15, 0.2) is 95.9 Å². The second-order valence-electron chi connectivity index (χ2n) is 8.86. The molecule has 196 valence electrons. The number of rotatable bonds is 10. The Bertz CT molecular complexity index is 1560. The van der Waals surface area contributed by atoms with Gasteiger partial charge in [0.15, 0.2) is 0 Å². The van der Waals surface area contributed by atoms with E-state index in [0.717, 1.165) is 5.39 Å². The standard InChI is InChI=1S/C28H26FN3O5S/c29-22-10-5-18(6-11-22)16-26(28(34)35)31-27(33)25(15-19-7-12-23(30)13-8-19)32-38(36,37)24-14-9-20-3-1-2-4-21(20)17-24/h1-14,17,25-26,32H,15-16,30H2,(H,31,33)(H,34,35)/t25-,26-/m0/s1. The molecule has 0 bridgehead atoms. The normalized spacial score (nSPS) is 13.1. The zero-order valence-corrected chi connectivity index (χ0v) is 21.0. The summed E-state index contributed by atoms with van der Waals surface area (Å²) in [5, 5.41) is 13.7. The van der Waals surface area contributed by atoms with E-state index in [4.69, 9.17) is 5.73 Å². The van der Waals surface area contributed by atoms with Crippen molar-refractivity contribution in [1.82, 2.24) is 10.0 Å². The molecule has 0 aromatic heterocycles. The number of hydrogen-bond acceptors (Lipinski definition) is 5. The first kappa shape index (κ1) is 26.8. The van der Waals surface area contributed by atoms with E-state index in [1.807, 2.05) is 12.1 Å². The van der Waals surface area contributed by atoms with Crippen LogP contribution in [-0.4, -0.2) is 37.5 Å². The van der Waals surface area contributed by atoms with Crippen LogP contribution in [0.1, 0.15) is 11.1 Å². The zero-order valence-electron chi connectivity index (χ0n) is 20.2. The fourth-order valence-electron chi connectivity index (χ4n) is 4.00. The van der Waals surface area contributed by atoms with Gasteiger partial charge in [-0.1, -0.05) is 54.6 Å². The number of sulfonamides is 1. The number of nitrogen functional groups attached to an aromatic ring is 1. The first-order valence-electron chi connectivity index (χ1n) is 11.7. The van der Waals surface area contributed by atoms with Gasteiger partial charge < -0.3 is 16.2 Å². The number of nitrogens with two attached hydrogens (primary N) is 1. The smallest absolute Gasteiger partial charge is 0.326 e. The molecule has 8 nitrogen and oxygen atoms in total. The third-order valence-corrected chi connectivity index (χ3v) is 7.50. The van der Waals surface area contributed by atoms with Gasteiger partial charge in [-0.25, -0.2) is 17.6 Å². The predicted molar refractivity (Wildman–Crippen MR) is 142 cm³/mol. The molecule has 2 atom stereocenters. The summed E-state index contributed by atoms with van der Waals surface area (Å²) in [6, 6.07) is 21.0. The topological polar surface area (TPSA) is 139 Å². The lowest BCUT2D eigenvalue weighted by Gasteiger charge is -2.22. The number of hydrogen-bond donors (Lipinski definition) is 4. The van der Waals surface area contributed by atoms with Crippen LogP contribution >= 0.6 is 0 Å². The Balaban J connectivity index is 1.60. The quantitative estimate of drug-likeness (QED) is 0.230. The maximum atomic E-state index is 13.3. The number of anilines is 1. The van der Waals surface area contributed by atoms with Crippen molar-refractivity contribution in [3.63, 3.8) is 0 Å². The van der Waals surface area contributed by atoms with Gasteiger partial charge in [0.1, 0.15) is 17.9 Å². The lowest BCUT2D eigenvalue weighted by molar-refractivity contribution is -0.142. The summed E-state index contributed by atoms with van der Waals surface area (Å²) in [6.45, 7) is 0. The second-order valence-corrected chi connectivity index (χ2v) is 10.6. The number of halogens is 1. The number of carboxylic acids is 1. The molecule has 0 aliphatic rings. The van der Waals surface area contributed by atoms with E-state index >= 15 is 0 Å². The molecule has 10 heteroatoms. The average Bonchev–Trinajstić information content (AvgIpc) is 2.89. The van der Waals surface area contributed by atoms with Crippen LogP contribution in [0, 0.1) is 5.82 Å². The molecule has 0 aliphatic heterocycles. The summed E-state index contributed by atoms with van der Waals surface area (Å²) in [5.74, 6) is -2.61. The van der Waals surface area contributed by atoms with Crippen LogP contribution in [0.5, 0.6) is 0 Å². The van der Waals surface area contributed by atoms with Crippen LogP contribution in [0.4, 0.5) is 10.1 Å². The van der Waals surface area contributed by atoms with E-state index < -0.39 is 39.8 Å². The Kier molecular flexibility index (Phi) is 8.04. The average molecular weight is 536 g/mol. The van der Waals surface area contributed by atoms with E-state index in [1.54, 1.807) is 42.5 Å². The van der Waals surface area contributed by atoms with Gasteiger partial charge in [0.2, 0.25) is 15.9 Å². The summed E-state index contributed by atoms with van der Waals surface area (Å²) in [7, 11) is -4.17. The van der Waals surface area contributed by atoms with Crippen LogP contribution in [-0.2, 0) is 32.5 Å². The van der Waals surface area contributed by atoms with E-state index in [0.29, 0.717) is 22.2 Å². The number of nitrogens with one attached hydrogen (secondary N) is 2. The maximum absolute atomic E-state index is 13.3. The maximum Gasteiger partial charge on any atom is 0.326 e. The molecule has 0 saturated heterocycles.